The van der Waals surface area contributed by atoms with Gasteiger partial charge in [-0.25, -0.2) is 9.59 Å². The monoisotopic (exact) mass is 411 g/mol. The lowest BCUT2D eigenvalue weighted by molar-refractivity contribution is -0.143. The van der Waals surface area contributed by atoms with Gasteiger partial charge >= 0.3 is 12.1 Å². The molecule has 1 aromatic carbocycles. The number of esters is 1. The molecule has 0 aliphatic heterocycles. The van der Waals surface area contributed by atoms with Crippen LogP contribution >= 0.6 is 0 Å². The van der Waals surface area contributed by atoms with Crippen LogP contribution in [0.2, 0.25) is 0 Å². The van der Waals surface area contributed by atoms with Gasteiger partial charge in [-0.1, -0.05) is 69.4 Å². The molecule has 1 rings (SSSR count). The molecule has 0 saturated heterocycles. The number of rotatable bonds is 14. The number of benzene rings is 1. The Labute approximate surface area is 170 Å². The van der Waals surface area contributed by atoms with Crippen LogP contribution in [0.15, 0.2) is 30.3 Å². The van der Waals surface area contributed by atoms with Gasteiger partial charge in [-0.05, 0) is 18.4 Å². The third kappa shape index (κ3) is 11.1. The summed E-state index contributed by atoms with van der Waals surface area (Å²) in [7, 11) is 0.249. The van der Waals surface area contributed by atoms with E-state index in [1.54, 1.807) is 0 Å². The number of unbranched alkanes of at least 4 members (excludes halogenated alkanes) is 5. The van der Waals surface area contributed by atoms with Gasteiger partial charge in [0.25, 0.3) is 0 Å². The molecule has 0 spiro atoms. The van der Waals surface area contributed by atoms with Crippen LogP contribution < -0.4 is 5.32 Å². The van der Waals surface area contributed by atoms with Crippen LogP contribution in [-0.4, -0.2) is 40.9 Å². The summed E-state index contributed by atoms with van der Waals surface area (Å²) in [6, 6.07) is 8.41. The molecule has 1 aromatic rings. The first-order valence-corrected chi connectivity index (χ1v) is 11.5. The maximum atomic E-state index is 12.2. The zero-order valence-electron chi connectivity index (χ0n) is 17.0. The molecule has 1 amide bonds. The maximum Gasteiger partial charge on any atom is 0.408 e. The maximum absolute atomic E-state index is 12.2. The van der Waals surface area contributed by atoms with Crippen LogP contribution in [0.5, 0.6) is 0 Å². The standard InChI is InChI=1S/C21H33NO5S/c1-3-4-5-6-7-11-15-28(25)16-14-19(20(23)26-2)22-21(24)27-17-18-12-9-8-10-13-18/h8-10,12-13,19H,3-7,11,14-17H2,1-2H3,(H,22,24)/t19-,28?/m0/s1. The van der Waals surface area contributed by atoms with E-state index >= 15 is 0 Å². The van der Waals surface area contributed by atoms with Gasteiger partial charge in [0.1, 0.15) is 12.6 Å². The summed E-state index contributed by atoms with van der Waals surface area (Å²) < 4.78 is 22.0. The van der Waals surface area contributed by atoms with Crippen molar-refractivity contribution < 1.29 is 23.3 Å². The summed E-state index contributed by atoms with van der Waals surface area (Å²) in [4.78, 5) is 23.9. The molecule has 28 heavy (non-hydrogen) atoms. The second-order valence-electron chi connectivity index (χ2n) is 6.69. The number of amides is 1. The van der Waals surface area contributed by atoms with Crippen molar-refractivity contribution in [3.05, 3.63) is 35.9 Å². The summed E-state index contributed by atoms with van der Waals surface area (Å²) >= 11 is 0. The molecule has 0 aliphatic rings. The Kier molecular flexibility index (Phi) is 13.0. The van der Waals surface area contributed by atoms with E-state index < -0.39 is 28.9 Å². The highest BCUT2D eigenvalue weighted by Gasteiger charge is 2.22. The van der Waals surface area contributed by atoms with Gasteiger partial charge in [0.2, 0.25) is 0 Å². The van der Waals surface area contributed by atoms with Crippen molar-refractivity contribution in [1.82, 2.24) is 5.32 Å². The Hall–Kier alpha value is -1.89. The fourth-order valence-electron chi connectivity index (χ4n) is 2.69. The molecule has 2 atom stereocenters. The molecule has 0 heterocycles. The summed E-state index contributed by atoms with van der Waals surface area (Å²) in [5.41, 5.74) is 0.854. The lowest BCUT2D eigenvalue weighted by atomic mass is 10.1. The summed E-state index contributed by atoms with van der Waals surface area (Å²) in [6.45, 7) is 2.29. The van der Waals surface area contributed by atoms with E-state index in [4.69, 9.17) is 9.47 Å². The third-order valence-corrected chi connectivity index (χ3v) is 5.79. The molecular formula is C21H33NO5S. The summed E-state index contributed by atoms with van der Waals surface area (Å²) in [5.74, 6) is 0.403. The van der Waals surface area contributed by atoms with E-state index in [0.29, 0.717) is 11.5 Å². The molecule has 0 saturated carbocycles. The number of methoxy groups -OCH3 is 1. The summed E-state index contributed by atoms with van der Waals surface area (Å²) in [6.07, 6.45) is 6.42. The highest BCUT2D eigenvalue weighted by Crippen LogP contribution is 2.07. The number of carbonyl (C=O) groups excluding carboxylic acids is 2. The van der Waals surface area contributed by atoms with Crippen LogP contribution in [0.3, 0.4) is 0 Å². The smallest absolute Gasteiger partial charge is 0.408 e. The van der Waals surface area contributed by atoms with Crippen LogP contribution in [0.1, 0.15) is 57.4 Å². The van der Waals surface area contributed by atoms with Crippen molar-refractivity contribution in [2.45, 2.75) is 64.5 Å². The van der Waals surface area contributed by atoms with Gasteiger partial charge < -0.3 is 14.8 Å². The predicted octanol–water partition coefficient (Wildman–Crippen LogP) is 3.95. The van der Waals surface area contributed by atoms with E-state index in [-0.39, 0.29) is 13.0 Å². The quantitative estimate of drug-likeness (QED) is 0.370. The normalized spacial score (nSPS) is 12.8. The Morgan fingerprint density at radius 3 is 2.39 bits per heavy atom. The van der Waals surface area contributed by atoms with Crippen molar-refractivity contribution in [3.8, 4) is 0 Å². The number of hydrogen-bond acceptors (Lipinski definition) is 5. The van der Waals surface area contributed by atoms with Crippen LogP contribution in [0, 0.1) is 0 Å². The minimum atomic E-state index is -1.01. The fourth-order valence-corrected chi connectivity index (χ4v) is 3.92. The minimum Gasteiger partial charge on any atom is -0.467 e. The number of carbonyl (C=O) groups is 2. The lowest BCUT2D eigenvalue weighted by Gasteiger charge is -2.16. The molecule has 1 unspecified atom stereocenters. The van der Waals surface area contributed by atoms with E-state index in [0.717, 1.165) is 18.4 Å². The van der Waals surface area contributed by atoms with Gasteiger partial charge in [0.05, 0.1) is 7.11 Å². The second-order valence-corrected chi connectivity index (χ2v) is 8.38. The SMILES string of the molecule is CCCCCCCCS(=O)CC[C@H](NC(=O)OCc1ccccc1)C(=O)OC. The Morgan fingerprint density at radius 1 is 1.04 bits per heavy atom. The highest BCUT2D eigenvalue weighted by molar-refractivity contribution is 7.84. The van der Waals surface area contributed by atoms with Crippen LogP contribution in [-0.2, 0) is 31.7 Å². The molecule has 6 nitrogen and oxygen atoms in total. The van der Waals surface area contributed by atoms with Crippen molar-refractivity contribution in [2.24, 2.45) is 0 Å². The average Bonchev–Trinajstić information content (AvgIpc) is 2.72. The Morgan fingerprint density at radius 2 is 1.71 bits per heavy atom. The molecule has 158 valence electrons. The zero-order valence-corrected chi connectivity index (χ0v) is 17.8. The first-order valence-electron chi connectivity index (χ1n) is 9.96. The molecular weight excluding hydrogens is 378 g/mol. The minimum absolute atomic E-state index is 0.116. The first-order chi connectivity index (χ1) is 13.6. The van der Waals surface area contributed by atoms with Gasteiger partial charge in [-0.3, -0.25) is 4.21 Å². The van der Waals surface area contributed by atoms with Crippen LogP contribution in [0.25, 0.3) is 0 Å². The topological polar surface area (TPSA) is 81.7 Å². The molecule has 0 aromatic heterocycles. The Bertz CT molecular complexity index is 594. The highest BCUT2D eigenvalue weighted by atomic mass is 32.2. The van der Waals surface area contributed by atoms with Gasteiger partial charge in [0.15, 0.2) is 0 Å². The fraction of sp³-hybridized carbons (Fsp3) is 0.619. The molecule has 0 aliphatic carbocycles. The number of hydrogen-bond donors (Lipinski definition) is 1. The third-order valence-electron chi connectivity index (χ3n) is 4.35. The number of nitrogens with one attached hydrogen (secondary N) is 1. The van der Waals surface area contributed by atoms with Gasteiger partial charge in [-0.15, -0.1) is 0 Å². The molecule has 0 bridgehead atoms. The van der Waals surface area contributed by atoms with Crippen molar-refractivity contribution in [2.75, 3.05) is 18.6 Å². The second kappa shape index (κ2) is 15.1. The predicted molar refractivity (Wildman–Crippen MR) is 111 cm³/mol. The molecule has 1 N–H and O–H groups in total. The molecule has 7 heteroatoms. The average molecular weight is 412 g/mol. The van der Waals surface area contributed by atoms with Crippen molar-refractivity contribution >= 4 is 22.9 Å². The summed E-state index contributed by atoms with van der Waals surface area (Å²) in [5, 5.41) is 2.51. The van der Waals surface area contributed by atoms with E-state index in [1.807, 2.05) is 30.3 Å². The van der Waals surface area contributed by atoms with E-state index in [9.17, 15) is 13.8 Å². The van der Waals surface area contributed by atoms with Crippen LogP contribution in [0.4, 0.5) is 4.79 Å². The first kappa shape index (κ1) is 24.1. The van der Waals surface area contributed by atoms with Crippen molar-refractivity contribution in [1.29, 1.82) is 0 Å². The van der Waals surface area contributed by atoms with E-state index in [2.05, 4.69) is 12.2 Å². The Balaban J connectivity index is 2.32. The number of alkyl carbamates (subject to hydrolysis) is 1. The largest absolute Gasteiger partial charge is 0.467 e. The molecule has 0 radical (unpaired) electrons. The van der Waals surface area contributed by atoms with Crippen molar-refractivity contribution in [3.63, 3.8) is 0 Å². The molecule has 0 fully saturated rings. The van der Waals surface area contributed by atoms with Gasteiger partial charge in [0, 0.05) is 22.3 Å². The zero-order chi connectivity index (χ0) is 20.6. The van der Waals surface area contributed by atoms with E-state index in [1.165, 1.54) is 32.8 Å². The van der Waals surface area contributed by atoms with Gasteiger partial charge in [-0.2, -0.15) is 0 Å². The lowest BCUT2D eigenvalue weighted by Crippen LogP contribution is -2.42. The number of ether oxygens (including phenoxy) is 2.